The van der Waals surface area contributed by atoms with Gasteiger partial charge in [-0.25, -0.2) is 4.79 Å². The largest absolute Gasteiger partial charge is 0.471 e. The number of alkyl halides is 3. The quantitative estimate of drug-likeness (QED) is 0.498. The Kier molecular flexibility index (Phi) is 7.71. The molecule has 29 heavy (non-hydrogen) atoms. The third-order valence-electron chi connectivity index (χ3n) is 3.99. The number of carbonyl (C=O) groups excluding carboxylic acids is 1. The van der Waals surface area contributed by atoms with Crippen molar-refractivity contribution in [1.82, 2.24) is 14.5 Å². The summed E-state index contributed by atoms with van der Waals surface area (Å²) < 4.78 is 48.5. The normalized spacial score (nSPS) is 24.9. The molecule has 16 heteroatoms. The van der Waals surface area contributed by atoms with Crippen molar-refractivity contribution in [2.24, 2.45) is 0 Å². The van der Waals surface area contributed by atoms with Crippen LogP contribution in [0.2, 0.25) is 0 Å². The Labute approximate surface area is 171 Å². The van der Waals surface area contributed by atoms with Crippen LogP contribution in [0.4, 0.5) is 13.2 Å². The number of nitrogens with one attached hydrogen (secondary N) is 1. The first-order valence-electron chi connectivity index (χ1n) is 7.75. The van der Waals surface area contributed by atoms with Crippen molar-refractivity contribution in [3.8, 4) is 0 Å². The number of rotatable bonds is 6. The van der Waals surface area contributed by atoms with Gasteiger partial charge in [-0.05, 0) is 22.5 Å². The number of halogens is 5. The van der Waals surface area contributed by atoms with Crippen LogP contribution in [0.15, 0.2) is 15.8 Å². The number of hydrogen-bond donors (Lipinski definition) is 3. The van der Waals surface area contributed by atoms with Crippen LogP contribution in [0, 0.1) is 0 Å². The fourth-order valence-electron chi connectivity index (χ4n) is 2.60. The first-order valence-corrected chi connectivity index (χ1v) is 10.8. The van der Waals surface area contributed by atoms with E-state index in [4.69, 9.17) is 31.7 Å². The Morgan fingerprint density at radius 2 is 2.00 bits per heavy atom. The summed E-state index contributed by atoms with van der Waals surface area (Å²) in [4.78, 5) is 37.3. The van der Waals surface area contributed by atoms with Gasteiger partial charge in [-0.3, -0.25) is 19.1 Å². The highest BCUT2D eigenvalue weighted by atomic mass is 35.9. The van der Waals surface area contributed by atoms with Gasteiger partial charge in [0.2, 0.25) is 6.85 Å². The van der Waals surface area contributed by atoms with E-state index in [2.05, 4.69) is 0 Å². The molecular weight excluding hydrogens is 469 g/mol. The Bertz CT molecular complexity index is 865. The van der Waals surface area contributed by atoms with Gasteiger partial charge in [0.25, 0.3) is 5.56 Å². The minimum atomic E-state index is -5.15. The van der Waals surface area contributed by atoms with Crippen molar-refractivity contribution < 1.29 is 37.4 Å². The van der Waals surface area contributed by atoms with Gasteiger partial charge in [-0.1, -0.05) is 0 Å². The average molecular weight is 484 g/mol. The Hall–Kier alpha value is -1.21. The van der Waals surface area contributed by atoms with E-state index in [0.717, 1.165) is 13.2 Å². The molecule has 0 aliphatic carbocycles. The van der Waals surface area contributed by atoms with Crippen LogP contribution < -0.4 is 11.2 Å². The highest BCUT2D eigenvalue weighted by molar-refractivity contribution is 8.00. The van der Waals surface area contributed by atoms with E-state index in [1.165, 1.54) is 0 Å². The third-order valence-corrected chi connectivity index (χ3v) is 4.92. The average Bonchev–Trinajstić information content (AvgIpc) is 2.88. The first-order chi connectivity index (χ1) is 13.3. The van der Waals surface area contributed by atoms with Crippen LogP contribution in [0.25, 0.3) is 0 Å². The Balaban J connectivity index is 2.28. The second-order valence-electron chi connectivity index (χ2n) is 6.02. The molecular formula is C13H15Cl2F3N3O7P. The molecule has 1 fully saturated rings. The lowest BCUT2D eigenvalue weighted by atomic mass is 10.1. The molecule has 2 rings (SSSR count). The summed E-state index contributed by atoms with van der Waals surface area (Å²) in [6, 6.07) is 0. The van der Waals surface area contributed by atoms with Crippen LogP contribution in [-0.4, -0.2) is 68.7 Å². The van der Waals surface area contributed by atoms with Crippen molar-refractivity contribution in [3.63, 3.8) is 0 Å². The van der Waals surface area contributed by atoms with E-state index < -0.39 is 61.3 Å². The number of nitrogens with zero attached hydrogens (tertiary/aromatic N) is 2. The monoisotopic (exact) mass is 483 g/mol. The van der Waals surface area contributed by atoms with E-state index in [9.17, 15) is 37.8 Å². The molecule has 1 aliphatic heterocycles. The minimum Gasteiger partial charge on any atom is -0.387 e. The number of amides is 1. The number of ether oxygens (including phenoxy) is 1. The van der Waals surface area contributed by atoms with Gasteiger partial charge in [0, 0.05) is 13.2 Å². The highest BCUT2D eigenvalue weighted by Crippen LogP contribution is 2.48. The smallest absolute Gasteiger partial charge is 0.387 e. The van der Waals surface area contributed by atoms with E-state index in [0.29, 0.717) is 4.57 Å². The summed E-state index contributed by atoms with van der Waals surface area (Å²) in [6.07, 6.45) is -10.1. The van der Waals surface area contributed by atoms with Crippen LogP contribution in [0.3, 0.4) is 0 Å². The molecule has 1 aromatic rings. The lowest BCUT2D eigenvalue weighted by Gasteiger charge is -2.21. The SMILES string of the molecule is CN(Cc1cn(C2OC(COP(Cl)Cl)C(O)C2O)c(=O)[nH]c1=O)C(=O)C(F)(F)F. The zero-order valence-electron chi connectivity index (χ0n) is 14.5. The molecule has 164 valence electrons. The van der Waals surface area contributed by atoms with E-state index in [1.807, 2.05) is 4.98 Å². The molecule has 1 aliphatic rings. The lowest BCUT2D eigenvalue weighted by Crippen LogP contribution is -2.42. The van der Waals surface area contributed by atoms with Crippen LogP contribution >= 0.6 is 29.3 Å². The van der Waals surface area contributed by atoms with Gasteiger partial charge in [-0.15, -0.1) is 0 Å². The summed E-state index contributed by atoms with van der Waals surface area (Å²) in [5, 5.41) is 20.2. The van der Waals surface area contributed by atoms with Crippen molar-refractivity contribution in [1.29, 1.82) is 0 Å². The molecule has 10 nitrogen and oxygen atoms in total. The van der Waals surface area contributed by atoms with Gasteiger partial charge in [0.05, 0.1) is 18.7 Å². The molecule has 0 radical (unpaired) electrons. The van der Waals surface area contributed by atoms with Gasteiger partial charge >= 0.3 is 17.8 Å². The molecule has 0 aromatic carbocycles. The third kappa shape index (κ3) is 5.69. The van der Waals surface area contributed by atoms with Crippen molar-refractivity contribution in [3.05, 3.63) is 32.6 Å². The van der Waals surface area contributed by atoms with E-state index in [-0.39, 0.29) is 17.1 Å². The van der Waals surface area contributed by atoms with E-state index in [1.54, 1.807) is 0 Å². The summed E-state index contributed by atoms with van der Waals surface area (Å²) >= 11 is 10.9. The van der Waals surface area contributed by atoms with Gasteiger partial charge < -0.3 is 24.4 Å². The molecule has 3 N–H and O–H groups in total. The predicted molar refractivity (Wildman–Crippen MR) is 94.4 cm³/mol. The lowest BCUT2D eigenvalue weighted by molar-refractivity contribution is -0.184. The zero-order valence-corrected chi connectivity index (χ0v) is 16.9. The maximum Gasteiger partial charge on any atom is 0.471 e. The molecule has 0 spiro atoms. The Morgan fingerprint density at radius 1 is 1.38 bits per heavy atom. The molecule has 1 amide bonds. The predicted octanol–water partition coefficient (Wildman–Crippen LogP) is 0.398. The van der Waals surface area contributed by atoms with E-state index >= 15 is 0 Å². The van der Waals surface area contributed by atoms with Gasteiger partial charge in [-0.2, -0.15) is 13.2 Å². The fourth-order valence-corrected chi connectivity index (χ4v) is 3.20. The summed E-state index contributed by atoms with van der Waals surface area (Å²) in [7, 11) is 0.819. The van der Waals surface area contributed by atoms with Gasteiger partial charge in [0.1, 0.15) is 18.3 Å². The van der Waals surface area contributed by atoms with Crippen molar-refractivity contribution in [2.45, 2.75) is 37.3 Å². The maximum absolute atomic E-state index is 12.5. The van der Waals surface area contributed by atoms with Crippen molar-refractivity contribution in [2.75, 3.05) is 13.7 Å². The number of H-pyrrole nitrogens is 1. The molecule has 2 heterocycles. The number of aliphatic hydroxyl groups excluding tert-OH is 2. The number of aromatic nitrogens is 2. The highest BCUT2D eigenvalue weighted by Gasteiger charge is 2.45. The molecule has 0 saturated carbocycles. The molecule has 4 atom stereocenters. The molecule has 0 bridgehead atoms. The molecule has 1 saturated heterocycles. The number of carbonyl (C=O) groups is 1. The van der Waals surface area contributed by atoms with Crippen LogP contribution in [0.1, 0.15) is 11.8 Å². The topological polar surface area (TPSA) is 134 Å². The summed E-state index contributed by atoms with van der Waals surface area (Å²) in [5.74, 6) is -2.20. The van der Waals surface area contributed by atoms with Crippen LogP contribution in [-0.2, 0) is 20.6 Å². The number of aliphatic hydroxyl groups is 2. The number of aromatic amines is 1. The maximum atomic E-state index is 12.5. The second-order valence-corrected chi connectivity index (χ2v) is 9.05. The molecule has 1 aromatic heterocycles. The minimum absolute atomic E-state index is 0.236. The second kappa shape index (κ2) is 9.29. The van der Waals surface area contributed by atoms with Gasteiger partial charge in [0.15, 0.2) is 6.23 Å². The fraction of sp³-hybridized carbons (Fsp3) is 0.615. The van der Waals surface area contributed by atoms with Crippen molar-refractivity contribution >= 4 is 35.2 Å². The Morgan fingerprint density at radius 3 is 2.55 bits per heavy atom. The zero-order chi connectivity index (χ0) is 22.1. The molecule has 4 unspecified atom stereocenters. The van der Waals surface area contributed by atoms with Crippen LogP contribution in [0.5, 0.6) is 0 Å². The first kappa shape index (κ1) is 24.1. The number of hydrogen-bond acceptors (Lipinski definition) is 7. The summed E-state index contributed by atoms with van der Waals surface area (Å²) in [5.41, 5.74) is -2.48. The summed E-state index contributed by atoms with van der Waals surface area (Å²) in [6.45, 7) is -2.94. The standard InChI is InChI=1S/C13H15Cl2F3N3O7P/c1-20(11(25)13(16,17)18)2-5-3-21(12(26)19-9(5)24)10-8(23)7(22)6(28-10)4-27-29(14)15/h3,6-8,10,22-23H,2,4H2,1H3,(H,19,24,26).